The van der Waals surface area contributed by atoms with Gasteiger partial charge in [0.05, 0.1) is 12.2 Å². The molecule has 1 aliphatic heterocycles. The number of fused-ring (bicyclic) bond motifs is 1. The van der Waals surface area contributed by atoms with Crippen LogP contribution in [0.4, 0.5) is 5.82 Å². The molecule has 3 rings (SSSR count). The number of nitrogens with zero attached hydrogens (tertiary/aromatic N) is 3. The summed E-state index contributed by atoms with van der Waals surface area (Å²) in [6, 6.07) is 0. The molecule has 0 amide bonds. The van der Waals surface area contributed by atoms with Crippen LogP contribution in [0.1, 0.15) is 37.7 Å². The topological polar surface area (TPSA) is 49.3 Å². The molecule has 0 bridgehead atoms. The molecular weight excluding hydrogens is 262 g/mol. The number of halogens is 1. The minimum Gasteiger partial charge on any atom is -0.391 e. The van der Waals surface area contributed by atoms with Crippen molar-refractivity contribution < 1.29 is 5.11 Å². The minimum absolute atomic E-state index is 0.0976. The molecule has 2 aliphatic rings. The van der Waals surface area contributed by atoms with E-state index in [-0.39, 0.29) is 6.61 Å². The SMILES string of the molecule is OCc1c(Cl)ncnc1N1CCC2CCCCC2C1. The van der Waals surface area contributed by atoms with E-state index in [0.717, 1.165) is 30.7 Å². The maximum Gasteiger partial charge on any atom is 0.140 e. The largest absolute Gasteiger partial charge is 0.391 e. The van der Waals surface area contributed by atoms with Gasteiger partial charge in [0.15, 0.2) is 0 Å². The first kappa shape index (κ1) is 13.1. The smallest absolute Gasteiger partial charge is 0.140 e. The summed E-state index contributed by atoms with van der Waals surface area (Å²) in [6.45, 7) is 1.96. The van der Waals surface area contributed by atoms with Gasteiger partial charge >= 0.3 is 0 Å². The van der Waals surface area contributed by atoms with Crippen molar-refractivity contribution in [2.24, 2.45) is 11.8 Å². The van der Waals surface area contributed by atoms with Gasteiger partial charge in [-0.2, -0.15) is 0 Å². The van der Waals surface area contributed by atoms with E-state index >= 15 is 0 Å². The van der Waals surface area contributed by atoms with Crippen LogP contribution in [0, 0.1) is 11.8 Å². The average molecular weight is 282 g/mol. The molecule has 2 unspecified atom stereocenters. The fraction of sp³-hybridized carbons (Fsp3) is 0.714. The lowest BCUT2D eigenvalue weighted by Gasteiger charge is -2.42. The minimum atomic E-state index is -0.0976. The van der Waals surface area contributed by atoms with E-state index in [9.17, 15) is 5.11 Å². The summed E-state index contributed by atoms with van der Waals surface area (Å²) < 4.78 is 0. The quantitative estimate of drug-likeness (QED) is 0.847. The van der Waals surface area contributed by atoms with Gasteiger partial charge in [-0.3, -0.25) is 0 Å². The summed E-state index contributed by atoms with van der Waals surface area (Å²) in [4.78, 5) is 10.6. The first-order chi connectivity index (χ1) is 9.29. The third kappa shape index (κ3) is 2.56. The third-order valence-electron chi connectivity index (χ3n) is 4.62. The van der Waals surface area contributed by atoms with Crippen molar-refractivity contribution >= 4 is 17.4 Å². The van der Waals surface area contributed by atoms with E-state index in [0.29, 0.717) is 10.7 Å². The summed E-state index contributed by atoms with van der Waals surface area (Å²) in [7, 11) is 0. The second-order valence-electron chi connectivity index (χ2n) is 5.66. The van der Waals surface area contributed by atoms with Crippen molar-refractivity contribution in [3.63, 3.8) is 0 Å². The van der Waals surface area contributed by atoms with Crippen molar-refractivity contribution in [2.45, 2.75) is 38.7 Å². The predicted molar refractivity (Wildman–Crippen MR) is 75.2 cm³/mol. The molecule has 0 aromatic carbocycles. The number of rotatable bonds is 2. The number of piperidine rings is 1. The fourth-order valence-electron chi connectivity index (χ4n) is 3.58. The van der Waals surface area contributed by atoms with Gasteiger partial charge in [-0.05, 0) is 24.7 Å². The van der Waals surface area contributed by atoms with Crippen LogP contribution in [0.2, 0.25) is 5.15 Å². The fourth-order valence-corrected chi connectivity index (χ4v) is 3.77. The van der Waals surface area contributed by atoms with Gasteiger partial charge in [0.1, 0.15) is 17.3 Å². The maximum atomic E-state index is 9.47. The lowest BCUT2D eigenvalue weighted by atomic mass is 9.75. The molecule has 1 aromatic rings. The van der Waals surface area contributed by atoms with E-state index in [1.165, 1.54) is 38.4 Å². The number of hydrogen-bond donors (Lipinski definition) is 1. The second-order valence-corrected chi connectivity index (χ2v) is 6.02. The molecule has 104 valence electrons. The van der Waals surface area contributed by atoms with E-state index < -0.39 is 0 Å². The van der Waals surface area contributed by atoms with E-state index in [2.05, 4.69) is 14.9 Å². The van der Waals surface area contributed by atoms with Crippen LogP contribution < -0.4 is 4.90 Å². The van der Waals surface area contributed by atoms with Crippen LogP contribution >= 0.6 is 11.6 Å². The Kier molecular flexibility index (Phi) is 3.89. The first-order valence-electron chi connectivity index (χ1n) is 7.14. The number of aromatic nitrogens is 2. The third-order valence-corrected chi connectivity index (χ3v) is 4.94. The highest BCUT2D eigenvalue weighted by Gasteiger charge is 2.32. The molecule has 19 heavy (non-hydrogen) atoms. The highest BCUT2D eigenvalue weighted by Crippen LogP contribution is 2.38. The molecule has 1 aromatic heterocycles. The van der Waals surface area contributed by atoms with Gasteiger partial charge < -0.3 is 10.0 Å². The van der Waals surface area contributed by atoms with Gasteiger partial charge in [0.25, 0.3) is 0 Å². The molecule has 5 heteroatoms. The van der Waals surface area contributed by atoms with Gasteiger partial charge in [-0.25, -0.2) is 9.97 Å². The molecule has 2 fully saturated rings. The molecular formula is C14H20ClN3O. The number of hydrogen-bond acceptors (Lipinski definition) is 4. The maximum absolute atomic E-state index is 9.47. The summed E-state index contributed by atoms with van der Waals surface area (Å²) in [5, 5.41) is 9.84. The van der Waals surface area contributed by atoms with Gasteiger partial charge in [-0.1, -0.05) is 30.9 Å². The Bertz CT molecular complexity index is 454. The van der Waals surface area contributed by atoms with Crippen molar-refractivity contribution in [1.82, 2.24) is 9.97 Å². The Hall–Kier alpha value is -0.870. The summed E-state index contributed by atoms with van der Waals surface area (Å²) >= 11 is 6.05. The molecule has 1 saturated carbocycles. The zero-order valence-corrected chi connectivity index (χ0v) is 11.8. The molecule has 1 saturated heterocycles. The second kappa shape index (κ2) is 5.63. The van der Waals surface area contributed by atoms with Crippen molar-refractivity contribution in [1.29, 1.82) is 0 Å². The molecule has 0 spiro atoms. The highest BCUT2D eigenvalue weighted by atomic mass is 35.5. The number of aliphatic hydroxyl groups excluding tert-OH is 1. The molecule has 1 aliphatic carbocycles. The van der Waals surface area contributed by atoms with Crippen LogP contribution in [0.15, 0.2) is 6.33 Å². The van der Waals surface area contributed by atoms with Crippen molar-refractivity contribution in [2.75, 3.05) is 18.0 Å². The monoisotopic (exact) mass is 281 g/mol. The van der Waals surface area contributed by atoms with Gasteiger partial charge in [0, 0.05) is 13.1 Å². The zero-order valence-electron chi connectivity index (χ0n) is 11.1. The summed E-state index contributed by atoms with van der Waals surface area (Å²) in [5.74, 6) is 2.49. The van der Waals surface area contributed by atoms with Gasteiger partial charge in [-0.15, -0.1) is 0 Å². The van der Waals surface area contributed by atoms with Crippen LogP contribution in [0.3, 0.4) is 0 Å². The Balaban J connectivity index is 1.81. The molecule has 2 atom stereocenters. The molecule has 0 radical (unpaired) electrons. The van der Waals surface area contributed by atoms with Crippen molar-refractivity contribution in [3.8, 4) is 0 Å². The lowest BCUT2D eigenvalue weighted by molar-refractivity contribution is 0.201. The molecule has 1 N–H and O–H groups in total. The van der Waals surface area contributed by atoms with Crippen LogP contribution in [-0.2, 0) is 6.61 Å². The Morgan fingerprint density at radius 1 is 1.21 bits per heavy atom. The Morgan fingerprint density at radius 3 is 2.79 bits per heavy atom. The standard InChI is InChI=1S/C14H20ClN3O/c15-13-12(8-19)14(17-9-16-13)18-6-5-10-3-1-2-4-11(10)7-18/h9-11,19H,1-8H2. The van der Waals surface area contributed by atoms with Crippen LogP contribution in [-0.4, -0.2) is 28.2 Å². The average Bonchev–Trinajstić information content (AvgIpc) is 2.46. The number of aliphatic hydroxyl groups is 1. The normalized spacial score (nSPS) is 27.2. The van der Waals surface area contributed by atoms with E-state index in [1.807, 2.05) is 0 Å². The first-order valence-corrected chi connectivity index (χ1v) is 7.52. The Morgan fingerprint density at radius 2 is 2.00 bits per heavy atom. The van der Waals surface area contributed by atoms with Crippen molar-refractivity contribution in [3.05, 3.63) is 17.0 Å². The Labute approximate surface area is 118 Å². The van der Waals surface area contributed by atoms with E-state index in [4.69, 9.17) is 11.6 Å². The predicted octanol–water partition coefficient (Wildman–Crippen LogP) is 2.64. The zero-order chi connectivity index (χ0) is 13.2. The van der Waals surface area contributed by atoms with Crippen LogP contribution in [0.25, 0.3) is 0 Å². The van der Waals surface area contributed by atoms with Crippen LogP contribution in [0.5, 0.6) is 0 Å². The summed E-state index contributed by atoms with van der Waals surface area (Å²) in [6.07, 6.45) is 8.18. The lowest BCUT2D eigenvalue weighted by Crippen LogP contribution is -2.42. The van der Waals surface area contributed by atoms with Gasteiger partial charge in [0.2, 0.25) is 0 Å². The number of anilines is 1. The molecule has 4 nitrogen and oxygen atoms in total. The summed E-state index contributed by atoms with van der Waals surface area (Å²) in [5.41, 5.74) is 0.665. The highest BCUT2D eigenvalue weighted by molar-refractivity contribution is 6.30. The van der Waals surface area contributed by atoms with E-state index in [1.54, 1.807) is 0 Å². The molecule has 2 heterocycles.